The van der Waals surface area contributed by atoms with Gasteiger partial charge in [0.05, 0.1) is 6.04 Å². The monoisotopic (exact) mass is 403 g/mol. The van der Waals surface area contributed by atoms with Gasteiger partial charge in [0, 0.05) is 14.3 Å². The highest BCUT2D eigenvalue weighted by molar-refractivity contribution is 14.1. The van der Waals surface area contributed by atoms with Crippen LogP contribution in [-0.4, -0.2) is 0 Å². The highest BCUT2D eigenvalue weighted by atomic mass is 127. The minimum absolute atomic E-state index is 0.205. The second kappa shape index (κ2) is 7.27. The van der Waals surface area contributed by atoms with Crippen LogP contribution in [0.5, 0.6) is 0 Å². The van der Waals surface area contributed by atoms with Crippen molar-refractivity contribution in [1.82, 2.24) is 0 Å². The van der Waals surface area contributed by atoms with E-state index in [4.69, 9.17) is 11.6 Å². The molecular formula is C16H16ClFIN. The molecule has 0 saturated carbocycles. The predicted octanol–water partition coefficient (Wildman–Crippen LogP) is 6.04. The maximum atomic E-state index is 13.2. The van der Waals surface area contributed by atoms with Crippen LogP contribution in [0.2, 0.25) is 5.02 Å². The first-order valence-corrected chi connectivity index (χ1v) is 8.03. The number of hydrogen-bond donors (Lipinski definition) is 1. The van der Waals surface area contributed by atoms with Gasteiger partial charge in [0.25, 0.3) is 0 Å². The fraction of sp³-hybridized carbons (Fsp3) is 0.250. The molecule has 0 bridgehead atoms. The number of nitrogens with one attached hydrogen (secondary N) is 1. The van der Waals surface area contributed by atoms with Gasteiger partial charge in [0.1, 0.15) is 5.82 Å². The van der Waals surface area contributed by atoms with Gasteiger partial charge in [-0.1, -0.05) is 37.1 Å². The van der Waals surface area contributed by atoms with Gasteiger partial charge in [0.15, 0.2) is 0 Å². The second-order valence-corrected chi connectivity index (χ2v) is 6.26. The van der Waals surface area contributed by atoms with Crippen molar-refractivity contribution in [3.63, 3.8) is 0 Å². The van der Waals surface area contributed by atoms with Crippen LogP contribution in [0, 0.1) is 9.39 Å². The van der Waals surface area contributed by atoms with Crippen LogP contribution in [0.25, 0.3) is 0 Å². The van der Waals surface area contributed by atoms with Gasteiger partial charge in [-0.15, -0.1) is 0 Å². The summed E-state index contributed by atoms with van der Waals surface area (Å²) >= 11 is 8.08. The van der Waals surface area contributed by atoms with Crippen LogP contribution in [-0.2, 0) is 0 Å². The molecule has 20 heavy (non-hydrogen) atoms. The van der Waals surface area contributed by atoms with Crippen molar-refractivity contribution >= 4 is 39.9 Å². The molecule has 1 nitrogen and oxygen atoms in total. The quantitative estimate of drug-likeness (QED) is 0.600. The average molecular weight is 404 g/mol. The van der Waals surface area contributed by atoms with Crippen LogP contribution in [0.3, 0.4) is 0 Å². The fourth-order valence-corrected chi connectivity index (χ4v) is 2.86. The summed E-state index contributed by atoms with van der Waals surface area (Å²) < 4.78 is 14.0. The molecule has 0 heterocycles. The standard InChI is InChI=1S/C16H16ClFIN/c1-2-3-15(11-4-6-12(17)7-5-11)20-16-9-8-13(18)10-14(16)19/h4-10,15,20H,2-3H2,1H3. The summed E-state index contributed by atoms with van der Waals surface area (Å²) in [5, 5.41) is 4.23. The number of halogens is 3. The maximum absolute atomic E-state index is 13.2. The molecule has 0 aliphatic rings. The van der Waals surface area contributed by atoms with Crippen LogP contribution in [0.1, 0.15) is 31.4 Å². The largest absolute Gasteiger partial charge is 0.377 e. The average Bonchev–Trinajstić information content (AvgIpc) is 2.42. The highest BCUT2D eigenvalue weighted by Gasteiger charge is 2.12. The van der Waals surface area contributed by atoms with E-state index in [1.54, 1.807) is 6.07 Å². The second-order valence-electron chi connectivity index (χ2n) is 4.66. The normalized spacial score (nSPS) is 12.2. The lowest BCUT2D eigenvalue weighted by Crippen LogP contribution is -2.11. The molecule has 0 amide bonds. The molecule has 2 aromatic carbocycles. The lowest BCUT2D eigenvalue weighted by Gasteiger charge is -2.21. The van der Waals surface area contributed by atoms with E-state index in [1.165, 1.54) is 17.7 Å². The molecule has 0 spiro atoms. The molecule has 4 heteroatoms. The summed E-state index contributed by atoms with van der Waals surface area (Å²) in [7, 11) is 0. The van der Waals surface area contributed by atoms with E-state index in [0.29, 0.717) is 0 Å². The first-order valence-electron chi connectivity index (χ1n) is 6.57. The van der Waals surface area contributed by atoms with Gasteiger partial charge in [-0.2, -0.15) is 0 Å². The summed E-state index contributed by atoms with van der Waals surface area (Å²) in [6, 6.07) is 12.9. The number of hydrogen-bond acceptors (Lipinski definition) is 1. The SMILES string of the molecule is CCCC(Nc1ccc(F)cc1I)c1ccc(Cl)cc1. The molecule has 0 aromatic heterocycles. The zero-order valence-corrected chi connectivity index (χ0v) is 14.1. The minimum Gasteiger partial charge on any atom is -0.377 e. The molecule has 0 fully saturated rings. The Kier molecular flexibility index (Phi) is 5.66. The van der Waals surface area contributed by atoms with Gasteiger partial charge in [-0.05, 0) is 64.9 Å². The molecule has 0 aliphatic carbocycles. The molecule has 0 saturated heterocycles. The molecule has 1 N–H and O–H groups in total. The fourth-order valence-electron chi connectivity index (χ4n) is 2.10. The Labute approximate surface area is 137 Å². The first-order chi connectivity index (χ1) is 9.60. The van der Waals surface area contributed by atoms with Gasteiger partial charge in [0.2, 0.25) is 0 Å². The van der Waals surface area contributed by atoms with E-state index >= 15 is 0 Å². The maximum Gasteiger partial charge on any atom is 0.124 e. The van der Waals surface area contributed by atoms with E-state index in [-0.39, 0.29) is 11.9 Å². The third-order valence-corrected chi connectivity index (χ3v) is 4.26. The van der Waals surface area contributed by atoms with Crippen molar-refractivity contribution < 1.29 is 4.39 Å². The van der Waals surface area contributed by atoms with E-state index in [0.717, 1.165) is 27.1 Å². The summed E-state index contributed by atoms with van der Waals surface area (Å²) in [6.07, 6.45) is 2.08. The summed E-state index contributed by atoms with van der Waals surface area (Å²) in [4.78, 5) is 0. The molecular weight excluding hydrogens is 388 g/mol. The topological polar surface area (TPSA) is 12.0 Å². The third kappa shape index (κ3) is 4.09. The van der Waals surface area contributed by atoms with Crippen molar-refractivity contribution in [2.75, 3.05) is 5.32 Å². The zero-order valence-electron chi connectivity index (χ0n) is 11.2. The van der Waals surface area contributed by atoms with Crippen LogP contribution >= 0.6 is 34.2 Å². The molecule has 106 valence electrons. The molecule has 1 unspecified atom stereocenters. The smallest absolute Gasteiger partial charge is 0.124 e. The molecule has 2 aromatic rings. The van der Waals surface area contributed by atoms with Gasteiger partial charge in [-0.3, -0.25) is 0 Å². The van der Waals surface area contributed by atoms with Gasteiger partial charge >= 0.3 is 0 Å². The van der Waals surface area contributed by atoms with Crippen LogP contribution in [0.4, 0.5) is 10.1 Å². The minimum atomic E-state index is -0.210. The van der Waals surface area contributed by atoms with Crippen molar-refractivity contribution in [2.45, 2.75) is 25.8 Å². The van der Waals surface area contributed by atoms with Crippen LogP contribution in [0.15, 0.2) is 42.5 Å². The Morgan fingerprint density at radius 2 is 1.90 bits per heavy atom. The van der Waals surface area contributed by atoms with E-state index in [1.807, 2.05) is 24.3 Å². The van der Waals surface area contributed by atoms with Gasteiger partial charge < -0.3 is 5.32 Å². The van der Waals surface area contributed by atoms with Crippen LogP contribution < -0.4 is 5.32 Å². The Hall–Kier alpha value is -0.810. The molecule has 0 radical (unpaired) electrons. The summed E-state index contributed by atoms with van der Waals surface area (Å²) in [5.74, 6) is -0.210. The van der Waals surface area contributed by atoms with E-state index in [9.17, 15) is 4.39 Å². The molecule has 0 aliphatic heterocycles. The van der Waals surface area contributed by atoms with Crippen molar-refractivity contribution in [1.29, 1.82) is 0 Å². The lowest BCUT2D eigenvalue weighted by atomic mass is 10.0. The highest BCUT2D eigenvalue weighted by Crippen LogP contribution is 2.28. The number of anilines is 1. The van der Waals surface area contributed by atoms with Gasteiger partial charge in [-0.25, -0.2) is 4.39 Å². The summed E-state index contributed by atoms with van der Waals surface area (Å²) in [6.45, 7) is 2.15. The Morgan fingerprint density at radius 3 is 2.50 bits per heavy atom. The predicted molar refractivity (Wildman–Crippen MR) is 91.8 cm³/mol. The molecule has 2 rings (SSSR count). The molecule has 1 atom stereocenters. The zero-order chi connectivity index (χ0) is 14.5. The Morgan fingerprint density at radius 1 is 1.20 bits per heavy atom. The number of rotatable bonds is 5. The Bertz CT molecular complexity index is 571. The van der Waals surface area contributed by atoms with Crippen molar-refractivity contribution in [2.24, 2.45) is 0 Å². The van der Waals surface area contributed by atoms with Crippen molar-refractivity contribution in [3.8, 4) is 0 Å². The van der Waals surface area contributed by atoms with E-state index in [2.05, 4.69) is 34.8 Å². The summed E-state index contributed by atoms with van der Waals surface area (Å²) in [5.41, 5.74) is 2.15. The van der Waals surface area contributed by atoms with Crippen molar-refractivity contribution in [3.05, 3.63) is 62.4 Å². The Balaban J connectivity index is 2.22. The number of benzene rings is 2. The third-order valence-electron chi connectivity index (χ3n) is 3.11. The lowest BCUT2D eigenvalue weighted by molar-refractivity contribution is 0.626. The first kappa shape index (κ1) is 15.6. The van der Waals surface area contributed by atoms with E-state index < -0.39 is 0 Å².